The van der Waals surface area contributed by atoms with Crippen LogP contribution in [0, 0.1) is 0 Å². The number of carbonyl (C=O) groups is 1. The van der Waals surface area contributed by atoms with Gasteiger partial charge in [0.2, 0.25) is 0 Å². The van der Waals surface area contributed by atoms with Gasteiger partial charge in [0.25, 0.3) is 5.91 Å². The second kappa shape index (κ2) is 4.46. The second-order valence-corrected chi connectivity index (χ2v) is 6.00. The highest BCUT2D eigenvalue weighted by Crippen LogP contribution is 2.20. The minimum absolute atomic E-state index is 0.0832. The van der Waals surface area contributed by atoms with Gasteiger partial charge in [-0.25, -0.2) is 0 Å². The van der Waals surface area contributed by atoms with Gasteiger partial charge in [-0.3, -0.25) is 9.79 Å². The number of nitrogens with one attached hydrogen (secondary N) is 1. The molecule has 1 amide bonds. The van der Waals surface area contributed by atoms with Gasteiger partial charge in [-0.05, 0) is 22.0 Å². The molecule has 3 nitrogen and oxygen atoms in total. The van der Waals surface area contributed by atoms with Gasteiger partial charge in [-0.1, -0.05) is 11.8 Å². The third kappa shape index (κ3) is 2.37. The van der Waals surface area contributed by atoms with Crippen LogP contribution in [0.1, 0.15) is 10.4 Å². The quantitative estimate of drug-likeness (QED) is 0.863. The Morgan fingerprint density at radius 1 is 1.64 bits per heavy atom. The number of rotatable bonds is 1. The van der Waals surface area contributed by atoms with Crippen LogP contribution in [-0.4, -0.2) is 23.4 Å². The van der Waals surface area contributed by atoms with Crippen LogP contribution < -0.4 is 5.32 Å². The molecular formula is C8H7BrN2OS2. The number of amidine groups is 1. The molecule has 1 aliphatic rings. The summed E-state index contributed by atoms with van der Waals surface area (Å²) < 4.78 is 0.962. The van der Waals surface area contributed by atoms with E-state index in [1.54, 1.807) is 17.8 Å². The number of halogens is 1. The van der Waals surface area contributed by atoms with E-state index in [0.717, 1.165) is 21.3 Å². The molecule has 0 aromatic carbocycles. The SMILES string of the molecule is O=C(NC1=NCCS1)c1csc(Br)c1. The molecular weight excluding hydrogens is 284 g/mol. The van der Waals surface area contributed by atoms with Gasteiger partial charge in [0, 0.05) is 11.1 Å². The third-order valence-electron chi connectivity index (χ3n) is 1.64. The Balaban J connectivity index is 2.02. The van der Waals surface area contributed by atoms with Gasteiger partial charge in [-0.15, -0.1) is 11.3 Å². The summed E-state index contributed by atoms with van der Waals surface area (Å²) in [5.41, 5.74) is 0.678. The fraction of sp³-hybridized carbons (Fsp3) is 0.250. The lowest BCUT2D eigenvalue weighted by Crippen LogP contribution is -2.26. The Hall–Kier alpha value is -0.330. The molecule has 6 heteroatoms. The van der Waals surface area contributed by atoms with Crippen LogP contribution >= 0.6 is 39.0 Å². The van der Waals surface area contributed by atoms with Crippen molar-refractivity contribution in [1.82, 2.24) is 5.32 Å². The zero-order valence-electron chi connectivity index (χ0n) is 7.12. The molecule has 0 bridgehead atoms. The van der Waals surface area contributed by atoms with Gasteiger partial charge >= 0.3 is 0 Å². The highest BCUT2D eigenvalue weighted by Gasteiger charge is 2.13. The number of nitrogens with zero attached hydrogens (tertiary/aromatic N) is 1. The molecule has 1 aromatic heterocycles. The van der Waals surface area contributed by atoms with Crippen LogP contribution in [-0.2, 0) is 0 Å². The summed E-state index contributed by atoms with van der Waals surface area (Å²) in [7, 11) is 0. The molecule has 0 aliphatic carbocycles. The van der Waals surface area contributed by atoms with E-state index >= 15 is 0 Å². The Morgan fingerprint density at radius 2 is 2.50 bits per heavy atom. The number of hydrogen-bond donors (Lipinski definition) is 1. The van der Waals surface area contributed by atoms with Crippen LogP contribution in [0.4, 0.5) is 0 Å². The smallest absolute Gasteiger partial charge is 0.258 e. The summed E-state index contributed by atoms with van der Waals surface area (Å²) in [6.07, 6.45) is 0. The van der Waals surface area contributed by atoms with Crippen molar-refractivity contribution in [1.29, 1.82) is 0 Å². The van der Waals surface area contributed by atoms with Gasteiger partial charge < -0.3 is 5.32 Å². The maximum atomic E-state index is 11.6. The predicted molar refractivity (Wildman–Crippen MR) is 64.2 cm³/mol. The van der Waals surface area contributed by atoms with Crippen LogP contribution in [0.15, 0.2) is 20.2 Å². The topological polar surface area (TPSA) is 41.5 Å². The van der Waals surface area contributed by atoms with E-state index < -0.39 is 0 Å². The Labute approximate surface area is 98.1 Å². The van der Waals surface area contributed by atoms with Crippen LogP contribution in [0.2, 0.25) is 0 Å². The van der Waals surface area contributed by atoms with E-state index in [0.29, 0.717) is 5.56 Å². The van der Waals surface area contributed by atoms with Crippen LogP contribution in [0.3, 0.4) is 0 Å². The molecule has 0 spiro atoms. The summed E-state index contributed by atoms with van der Waals surface area (Å²) in [6.45, 7) is 0.799. The van der Waals surface area contributed by atoms with Crippen molar-refractivity contribution in [3.05, 3.63) is 20.8 Å². The van der Waals surface area contributed by atoms with E-state index in [9.17, 15) is 4.79 Å². The molecule has 0 saturated heterocycles. The van der Waals surface area contributed by atoms with Gasteiger partial charge in [0.15, 0.2) is 5.17 Å². The van der Waals surface area contributed by atoms with Gasteiger partial charge in [0.1, 0.15) is 0 Å². The number of thioether (sulfide) groups is 1. The number of amides is 1. The van der Waals surface area contributed by atoms with Crippen molar-refractivity contribution in [2.24, 2.45) is 4.99 Å². The normalized spacial score (nSPS) is 15.4. The Bertz CT molecular complexity index is 388. The monoisotopic (exact) mass is 290 g/mol. The predicted octanol–water partition coefficient (Wildman–Crippen LogP) is 2.34. The first kappa shape index (κ1) is 10.2. The van der Waals surface area contributed by atoms with Crippen molar-refractivity contribution < 1.29 is 4.79 Å². The highest BCUT2D eigenvalue weighted by atomic mass is 79.9. The maximum Gasteiger partial charge on any atom is 0.258 e. The van der Waals surface area contributed by atoms with Crippen molar-refractivity contribution in [2.45, 2.75) is 0 Å². The molecule has 0 atom stereocenters. The summed E-state index contributed by atoms with van der Waals surface area (Å²) >= 11 is 6.40. The average Bonchev–Trinajstić information content (AvgIpc) is 2.75. The highest BCUT2D eigenvalue weighted by molar-refractivity contribution is 9.11. The summed E-state index contributed by atoms with van der Waals surface area (Å²) in [5.74, 6) is 0.878. The zero-order chi connectivity index (χ0) is 9.97. The molecule has 1 N–H and O–H groups in total. The molecule has 74 valence electrons. The number of thiophene rings is 1. The molecule has 0 unspecified atom stereocenters. The van der Waals surface area contributed by atoms with Crippen LogP contribution in [0.5, 0.6) is 0 Å². The molecule has 0 radical (unpaired) electrons. The van der Waals surface area contributed by atoms with Crippen molar-refractivity contribution in [3.8, 4) is 0 Å². The number of hydrogen-bond acceptors (Lipinski definition) is 4. The van der Waals surface area contributed by atoms with Crippen molar-refractivity contribution in [2.75, 3.05) is 12.3 Å². The fourth-order valence-corrected chi connectivity index (χ4v) is 2.87. The summed E-state index contributed by atoms with van der Waals surface area (Å²) in [4.78, 5) is 15.7. The maximum absolute atomic E-state index is 11.6. The lowest BCUT2D eigenvalue weighted by Gasteiger charge is -2.00. The lowest BCUT2D eigenvalue weighted by molar-refractivity contribution is 0.0978. The van der Waals surface area contributed by atoms with E-state index in [1.165, 1.54) is 11.3 Å². The fourth-order valence-electron chi connectivity index (χ4n) is 1.01. The number of aliphatic imine (C=N–C) groups is 1. The minimum Gasteiger partial charge on any atom is -0.301 e. The first-order valence-electron chi connectivity index (χ1n) is 3.98. The van der Waals surface area contributed by atoms with Gasteiger partial charge in [0.05, 0.1) is 15.9 Å². The van der Waals surface area contributed by atoms with E-state index in [-0.39, 0.29) is 5.91 Å². The van der Waals surface area contributed by atoms with Crippen molar-refractivity contribution >= 4 is 50.1 Å². The molecule has 14 heavy (non-hydrogen) atoms. The first-order valence-corrected chi connectivity index (χ1v) is 6.64. The molecule has 2 heterocycles. The van der Waals surface area contributed by atoms with E-state index in [4.69, 9.17) is 0 Å². The summed E-state index contributed by atoms with van der Waals surface area (Å²) in [5, 5.41) is 5.32. The molecule has 1 aliphatic heterocycles. The van der Waals surface area contributed by atoms with E-state index in [1.807, 2.05) is 5.38 Å². The molecule has 2 rings (SSSR count). The van der Waals surface area contributed by atoms with E-state index in [2.05, 4.69) is 26.2 Å². The lowest BCUT2D eigenvalue weighted by atomic mass is 10.3. The number of carbonyl (C=O) groups excluding carboxylic acids is 1. The van der Waals surface area contributed by atoms with Crippen LogP contribution in [0.25, 0.3) is 0 Å². The zero-order valence-corrected chi connectivity index (χ0v) is 10.3. The summed E-state index contributed by atoms with van der Waals surface area (Å²) in [6, 6.07) is 1.81. The molecule has 0 saturated carbocycles. The third-order valence-corrected chi connectivity index (χ3v) is 4.03. The van der Waals surface area contributed by atoms with Crippen molar-refractivity contribution in [3.63, 3.8) is 0 Å². The largest absolute Gasteiger partial charge is 0.301 e. The molecule has 1 aromatic rings. The second-order valence-electron chi connectivity index (χ2n) is 2.63. The first-order chi connectivity index (χ1) is 6.75. The Kier molecular flexibility index (Phi) is 3.25. The standard InChI is InChI=1S/C8H7BrN2OS2/c9-6-3-5(4-14-6)7(12)11-8-10-1-2-13-8/h3-4H,1-2H2,(H,10,11,12). The minimum atomic E-state index is -0.0832. The molecule has 0 fully saturated rings. The Morgan fingerprint density at radius 3 is 3.07 bits per heavy atom. The van der Waals surface area contributed by atoms with Gasteiger partial charge in [-0.2, -0.15) is 0 Å². The average molecular weight is 291 g/mol.